The summed E-state index contributed by atoms with van der Waals surface area (Å²) in [5.74, 6) is 2.73. The monoisotopic (exact) mass is 591 g/mol. The topological polar surface area (TPSA) is 49.0 Å². The van der Waals surface area contributed by atoms with Crippen molar-refractivity contribution >= 4 is 33.3 Å². The van der Waals surface area contributed by atoms with Crippen molar-refractivity contribution in [3.05, 3.63) is 53.6 Å². The predicted octanol–water partition coefficient (Wildman–Crippen LogP) is 8.44. The number of hydrogen-bond donors (Lipinski definition) is 1. The smallest absolute Gasteiger partial charge is 0.242 e. The summed E-state index contributed by atoms with van der Waals surface area (Å²) in [4.78, 5) is 0. The van der Waals surface area contributed by atoms with Gasteiger partial charge in [-0.15, -0.1) is 0 Å². The number of nitrogens with one attached hydrogen (secondary N) is 1. The second kappa shape index (κ2) is 12.9. The molecule has 1 N–H and O–H groups in total. The lowest BCUT2D eigenvalue weighted by Crippen LogP contribution is -2.37. The fourth-order valence-electron chi connectivity index (χ4n) is 4.04. The fraction of sp³-hybridized carbons (Fsp3) is 0.586. The quantitative estimate of drug-likeness (QED) is 0.223. The molecule has 0 saturated heterocycles. The highest BCUT2D eigenvalue weighted by Crippen LogP contribution is 2.32. The molecule has 0 aliphatic heterocycles. The predicted molar refractivity (Wildman–Crippen MR) is 173 cm³/mol. The molecule has 0 radical (unpaired) electrons. The fourth-order valence-corrected chi connectivity index (χ4v) is 7.61. The van der Waals surface area contributed by atoms with E-state index in [4.69, 9.17) is 17.7 Å². The lowest BCUT2D eigenvalue weighted by Gasteiger charge is -2.30. The summed E-state index contributed by atoms with van der Waals surface area (Å²) < 4.78 is 25.7. The molecule has 214 valence electrons. The molecule has 0 bridgehead atoms. The molecule has 0 aliphatic carbocycles. The summed E-state index contributed by atoms with van der Waals surface area (Å²) >= 11 is 0. The Morgan fingerprint density at radius 3 is 1.47 bits per heavy atom. The van der Waals surface area contributed by atoms with Crippen molar-refractivity contribution in [2.45, 2.75) is 104 Å². The maximum Gasteiger partial charge on any atom is 0.242 e. The van der Waals surface area contributed by atoms with Crippen LogP contribution in [0.4, 0.5) is 0 Å². The SMILES string of the molecule is CC(Cc1ccc(O[Si](C)(C)C)cc1)NCC(O[Si](C)(C)C)c1cc(O[Si](C)(C)C)cc(O[Si](C)(C)C)c1. The van der Waals surface area contributed by atoms with E-state index in [1.165, 1.54) is 5.56 Å². The molecular formula is C29H53NO4Si4. The molecule has 0 amide bonds. The van der Waals surface area contributed by atoms with E-state index >= 15 is 0 Å². The minimum Gasteiger partial charge on any atom is -0.544 e. The molecule has 0 aromatic heterocycles. The normalized spacial score (nSPS) is 14.7. The maximum absolute atomic E-state index is 6.73. The van der Waals surface area contributed by atoms with Crippen LogP contribution in [0.15, 0.2) is 42.5 Å². The van der Waals surface area contributed by atoms with E-state index in [9.17, 15) is 0 Å². The molecule has 0 saturated carbocycles. The zero-order chi connectivity index (χ0) is 28.9. The highest BCUT2D eigenvalue weighted by atomic mass is 28.4. The molecule has 38 heavy (non-hydrogen) atoms. The van der Waals surface area contributed by atoms with Gasteiger partial charge in [0.25, 0.3) is 0 Å². The zero-order valence-corrected chi connectivity index (χ0v) is 30.2. The van der Waals surface area contributed by atoms with Crippen LogP contribution in [-0.4, -0.2) is 45.9 Å². The second-order valence-electron chi connectivity index (χ2n) is 14.3. The summed E-state index contributed by atoms with van der Waals surface area (Å²) in [6, 6.07) is 15.2. The molecule has 0 fully saturated rings. The van der Waals surface area contributed by atoms with Crippen molar-refractivity contribution in [2.24, 2.45) is 0 Å². The van der Waals surface area contributed by atoms with E-state index in [1.807, 2.05) is 0 Å². The van der Waals surface area contributed by atoms with Crippen LogP contribution in [0.25, 0.3) is 0 Å². The molecule has 5 nitrogen and oxygen atoms in total. The molecule has 0 spiro atoms. The summed E-state index contributed by atoms with van der Waals surface area (Å²) in [6.07, 6.45) is 0.862. The van der Waals surface area contributed by atoms with E-state index in [-0.39, 0.29) is 6.10 Å². The van der Waals surface area contributed by atoms with Crippen LogP contribution in [-0.2, 0) is 10.8 Å². The first-order valence-corrected chi connectivity index (χ1v) is 27.5. The van der Waals surface area contributed by atoms with Gasteiger partial charge in [0.2, 0.25) is 25.0 Å². The van der Waals surface area contributed by atoms with E-state index in [1.54, 1.807) is 0 Å². The van der Waals surface area contributed by atoms with Crippen LogP contribution in [0.5, 0.6) is 17.2 Å². The largest absolute Gasteiger partial charge is 0.544 e. The Hall–Kier alpha value is -1.37. The van der Waals surface area contributed by atoms with Gasteiger partial charge in [-0.25, -0.2) is 0 Å². The minimum atomic E-state index is -1.82. The first-order chi connectivity index (χ1) is 17.2. The first kappa shape index (κ1) is 32.8. The number of benzene rings is 2. The highest BCUT2D eigenvalue weighted by Gasteiger charge is 2.26. The van der Waals surface area contributed by atoms with E-state index < -0.39 is 33.3 Å². The summed E-state index contributed by atoms with van der Waals surface area (Å²) in [6.45, 7) is 29.6. The Bertz CT molecular complexity index is 985. The number of rotatable bonds is 14. The Morgan fingerprint density at radius 1 is 0.605 bits per heavy atom. The average molecular weight is 592 g/mol. The van der Waals surface area contributed by atoms with Gasteiger partial charge in [-0.2, -0.15) is 0 Å². The molecule has 2 unspecified atom stereocenters. The van der Waals surface area contributed by atoms with Gasteiger partial charge in [0.05, 0.1) is 6.10 Å². The van der Waals surface area contributed by atoms with Gasteiger partial charge in [-0.3, -0.25) is 0 Å². The third kappa shape index (κ3) is 13.6. The van der Waals surface area contributed by atoms with E-state index in [2.05, 4.69) is 133 Å². The van der Waals surface area contributed by atoms with Gasteiger partial charge in [0.15, 0.2) is 8.32 Å². The van der Waals surface area contributed by atoms with Gasteiger partial charge in [0, 0.05) is 18.7 Å². The highest BCUT2D eigenvalue weighted by molar-refractivity contribution is 6.71. The molecule has 0 aliphatic rings. The van der Waals surface area contributed by atoms with Crippen molar-refractivity contribution < 1.29 is 17.7 Å². The van der Waals surface area contributed by atoms with Gasteiger partial charge in [-0.05, 0) is 127 Å². The summed E-state index contributed by atoms with van der Waals surface area (Å²) in [5, 5.41) is 3.75. The maximum atomic E-state index is 6.73. The second-order valence-corrected chi connectivity index (χ2v) is 32.0. The van der Waals surface area contributed by atoms with Crippen LogP contribution in [0.1, 0.15) is 24.2 Å². The van der Waals surface area contributed by atoms with Gasteiger partial charge < -0.3 is 23.0 Å². The first-order valence-electron chi connectivity index (χ1n) is 13.9. The molecule has 2 atom stereocenters. The van der Waals surface area contributed by atoms with E-state index in [0.717, 1.165) is 35.8 Å². The Kier molecular flexibility index (Phi) is 11.1. The van der Waals surface area contributed by atoms with Crippen molar-refractivity contribution in [1.29, 1.82) is 0 Å². The summed E-state index contributed by atoms with van der Waals surface area (Å²) in [7, 11) is -6.98. The molecular weight excluding hydrogens is 539 g/mol. The zero-order valence-electron chi connectivity index (χ0n) is 26.2. The average Bonchev–Trinajstić information content (AvgIpc) is 2.68. The van der Waals surface area contributed by atoms with Gasteiger partial charge >= 0.3 is 0 Å². The van der Waals surface area contributed by atoms with Crippen molar-refractivity contribution in [2.75, 3.05) is 6.54 Å². The lowest BCUT2D eigenvalue weighted by molar-refractivity contribution is 0.189. The Morgan fingerprint density at radius 2 is 1.05 bits per heavy atom. The van der Waals surface area contributed by atoms with Crippen LogP contribution < -0.4 is 18.6 Å². The molecule has 2 aromatic carbocycles. The standard InChI is InChI=1S/C29H53NO4Si4/c1-23(18-24-14-16-26(17-15-24)31-35(2,3)4)30-22-29(34-38(11,12)13)25-19-27(32-36(5,6)7)21-28(20-25)33-37(8,9)10/h14-17,19-21,23,29-30H,18,22H2,1-13H3. The molecule has 9 heteroatoms. The van der Waals surface area contributed by atoms with Crippen LogP contribution in [0.2, 0.25) is 78.6 Å². The minimum absolute atomic E-state index is 0.0780. The van der Waals surface area contributed by atoms with Crippen LogP contribution in [0, 0.1) is 0 Å². The molecule has 2 aromatic rings. The van der Waals surface area contributed by atoms with Gasteiger partial charge in [-0.1, -0.05) is 12.1 Å². The van der Waals surface area contributed by atoms with E-state index in [0.29, 0.717) is 6.04 Å². The molecule has 0 heterocycles. The van der Waals surface area contributed by atoms with Crippen LogP contribution >= 0.6 is 0 Å². The number of hydrogen-bond acceptors (Lipinski definition) is 5. The van der Waals surface area contributed by atoms with Gasteiger partial charge in [0.1, 0.15) is 17.2 Å². The third-order valence-electron chi connectivity index (χ3n) is 5.16. The molecule has 2 rings (SSSR count). The van der Waals surface area contributed by atoms with Crippen molar-refractivity contribution in [3.63, 3.8) is 0 Å². The summed E-state index contributed by atoms with van der Waals surface area (Å²) in [5.41, 5.74) is 2.41. The lowest BCUT2D eigenvalue weighted by atomic mass is 10.1. The van der Waals surface area contributed by atoms with Crippen molar-refractivity contribution in [1.82, 2.24) is 5.32 Å². The van der Waals surface area contributed by atoms with Crippen LogP contribution in [0.3, 0.4) is 0 Å². The third-order valence-corrected chi connectivity index (χ3v) is 8.69. The Balaban J connectivity index is 2.22. The van der Waals surface area contributed by atoms with Crippen molar-refractivity contribution in [3.8, 4) is 17.2 Å². The Labute approximate surface area is 237 Å².